The first-order valence-corrected chi connectivity index (χ1v) is 8.17. The van der Waals surface area contributed by atoms with Gasteiger partial charge in [0.25, 0.3) is 0 Å². The monoisotopic (exact) mass is 279 g/mol. The normalized spacial score (nSPS) is 22.2. The van der Waals surface area contributed by atoms with Gasteiger partial charge in [0.1, 0.15) is 13.2 Å². The summed E-state index contributed by atoms with van der Waals surface area (Å²) < 4.78 is 11.1. The quantitative estimate of drug-likeness (QED) is 0.918. The molecular formula is C15H21NO2S. The van der Waals surface area contributed by atoms with E-state index in [9.17, 15) is 0 Å². The van der Waals surface area contributed by atoms with Crippen molar-refractivity contribution in [3.8, 4) is 11.5 Å². The first kappa shape index (κ1) is 13.1. The maximum Gasteiger partial charge on any atom is 0.161 e. The average molecular weight is 279 g/mol. The molecule has 1 unspecified atom stereocenters. The SMILES string of the molecule is c1cc2c(cc1CNCC1CCCCS1)OCCO2. The number of hydrogen-bond acceptors (Lipinski definition) is 4. The van der Waals surface area contributed by atoms with Crippen LogP contribution in [0.15, 0.2) is 18.2 Å². The van der Waals surface area contributed by atoms with Crippen molar-refractivity contribution in [3.05, 3.63) is 23.8 Å². The van der Waals surface area contributed by atoms with Crippen molar-refractivity contribution in [3.63, 3.8) is 0 Å². The Labute approximate surface area is 119 Å². The van der Waals surface area contributed by atoms with Gasteiger partial charge < -0.3 is 14.8 Å². The highest BCUT2D eigenvalue weighted by molar-refractivity contribution is 7.99. The second-order valence-corrected chi connectivity index (χ2v) is 6.51. The molecule has 2 aliphatic rings. The van der Waals surface area contributed by atoms with Crippen molar-refractivity contribution in [2.45, 2.75) is 31.1 Å². The standard InChI is InChI=1S/C15H21NO2S/c1-2-8-19-13(3-1)11-16-10-12-4-5-14-15(9-12)18-7-6-17-14/h4-5,9,13,16H,1-3,6-8,10-11H2. The number of rotatable bonds is 4. The molecule has 0 amide bonds. The Morgan fingerprint density at radius 3 is 2.89 bits per heavy atom. The average Bonchev–Trinajstić information content (AvgIpc) is 2.48. The van der Waals surface area contributed by atoms with Gasteiger partial charge in [-0.05, 0) is 36.3 Å². The Balaban J connectivity index is 1.49. The van der Waals surface area contributed by atoms with E-state index >= 15 is 0 Å². The summed E-state index contributed by atoms with van der Waals surface area (Å²) in [5, 5.41) is 4.36. The third kappa shape index (κ3) is 3.57. The lowest BCUT2D eigenvalue weighted by molar-refractivity contribution is 0.171. The molecule has 0 bridgehead atoms. The van der Waals surface area contributed by atoms with Crippen molar-refractivity contribution in [2.75, 3.05) is 25.5 Å². The molecular weight excluding hydrogens is 258 g/mol. The molecule has 0 radical (unpaired) electrons. The highest BCUT2D eigenvalue weighted by Gasteiger charge is 2.14. The van der Waals surface area contributed by atoms with Gasteiger partial charge in [-0.15, -0.1) is 0 Å². The van der Waals surface area contributed by atoms with Gasteiger partial charge in [-0.1, -0.05) is 12.5 Å². The fraction of sp³-hybridized carbons (Fsp3) is 0.600. The van der Waals surface area contributed by atoms with Gasteiger partial charge >= 0.3 is 0 Å². The number of thioether (sulfide) groups is 1. The smallest absolute Gasteiger partial charge is 0.161 e. The summed E-state index contributed by atoms with van der Waals surface area (Å²) in [4.78, 5) is 0. The van der Waals surface area contributed by atoms with Crippen LogP contribution in [0.2, 0.25) is 0 Å². The van der Waals surface area contributed by atoms with Crippen molar-refractivity contribution in [1.29, 1.82) is 0 Å². The zero-order valence-corrected chi connectivity index (χ0v) is 12.0. The summed E-state index contributed by atoms with van der Waals surface area (Å²) in [6.07, 6.45) is 4.14. The molecule has 2 aliphatic heterocycles. The van der Waals surface area contributed by atoms with E-state index in [-0.39, 0.29) is 0 Å². The topological polar surface area (TPSA) is 30.5 Å². The summed E-state index contributed by atoms with van der Waals surface area (Å²) in [7, 11) is 0. The van der Waals surface area contributed by atoms with Gasteiger partial charge in [0.05, 0.1) is 0 Å². The molecule has 1 aromatic rings. The first-order valence-electron chi connectivity index (χ1n) is 7.13. The Kier molecular flexibility index (Phi) is 4.51. The van der Waals surface area contributed by atoms with Gasteiger partial charge in [0.2, 0.25) is 0 Å². The number of ether oxygens (including phenoxy) is 2. The van der Waals surface area contributed by atoms with Crippen LogP contribution in [-0.4, -0.2) is 30.8 Å². The molecule has 19 heavy (non-hydrogen) atoms. The third-order valence-electron chi connectivity index (χ3n) is 3.58. The molecule has 0 saturated carbocycles. The molecule has 2 heterocycles. The molecule has 4 heteroatoms. The number of fused-ring (bicyclic) bond motifs is 1. The fourth-order valence-corrected chi connectivity index (χ4v) is 3.82. The summed E-state index contributed by atoms with van der Waals surface area (Å²) in [5.74, 6) is 3.09. The van der Waals surface area contributed by atoms with E-state index in [1.54, 1.807) is 0 Å². The van der Waals surface area contributed by atoms with Gasteiger partial charge in [-0.3, -0.25) is 0 Å². The minimum atomic E-state index is 0.655. The van der Waals surface area contributed by atoms with E-state index in [4.69, 9.17) is 9.47 Å². The van der Waals surface area contributed by atoms with Crippen molar-refractivity contribution in [1.82, 2.24) is 5.32 Å². The van der Waals surface area contributed by atoms with Crippen LogP contribution in [0.1, 0.15) is 24.8 Å². The molecule has 1 aromatic carbocycles. The van der Waals surface area contributed by atoms with Gasteiger partial charge in [-0.25, -0.2) is 0 Å². The molecule has 3 nitrogen and oxygen atoms in total. The van der Waals surface area contributed by atoms with E-state index in [1.165, 1.54) is 30.6 Å². The van der Waals surface area contributed by atoms with Gasteiger partial charge in [-0.2, -0.15) is 11.8 Å². The summed E-state index contributed by atoms with van der Waals surface area (Å²) in [5.41, 5.74) is 1.27. The van der Waals surface area contributed by atoms with E-state index < -0.39 is 0 Å². The summed E-state index contributed by atoms with van der Waals surface area (Å²) in [6, 6.07) is 6.23. The lowest BCUT2D eigenvalue weighted by Gasteiger charge is -2.22. The zero-order valence-electron chi connectivity index (χ0n) is 11.2. The van der Waals surface area contributed by atoms with E-state index in [2.05, 4.69) is 29.2 Å². The molecule has 0 spiro atoms. The Morgan fingerprint density at radius 1 is 1.16 bits per heavy atom. The van der Waals surface area contributed by atoms with Crippen LogP contribution in [-0.2, 0) is 6.54 Å². The molecule has 104 valence electrons. The molecule has 1 fully saturated rings. The third-order valence-corrected chi connectivity index (χ3v) is 4.98. The minimum absolute atomic E-state index is 0.655. The Bertz CT molecular complexity index is 419. The maximum absolute atomic E-state index is 5.60. The lowest BCUT2D eigenvalue weighted by Crippen LogP contribution is -2.26. The predicted octanol–water partition coefficient (Wildman–Crippen LogP) is 2.83. The van der Waals surface area contributed by atoms with Crippen molar-refractivity contribution < 1.29 is 9.47 Å². The maximum atomic E-state index is 5.60. The van der Waals surface area contributed by atoms with Crippen molar-refractivity contribution in [2.24, 2.45) is 0 Å². The van der Waals surface area contributed by atoms with Crippen LogP contribution in [0.3, 0.4) is 0 Å². The lowest BCUT2D eigenvalue weighted by atomic mass is 10.1. The molecule has 1 N–H and O–H groups in total. The summed E-state index contributed by atoms with van der Waals surface area (Å²) in [6.45, 7) is 3.33. The molecule has 1 atom stereocenters. The second-order valence-electron chi connectivity index (χ2n) is 5.10. The Hall–Kier alpha value is -0.870. The van der Waals surface area contributed by atoms with Crippen LogP contribution in [0.25, 0.3) is 0 Å². The predicted molar refractivity (Wildman–Crippen MR) is 79.2 cm³/mol. The summed E-state index contributed by atoms with van der Waals surface area (Å²) >= 11 is 2.11. The zero-order chi connectivity index (χ0) is 12.9. The van der Waals surface area contributed by atoms with Crippen LogP contribution in [0.4, 0.5) is 0 Å². The number of hydrogen-bond donors (Lipinski definition) is 1. The minimum Gasteiger partial charge on any atom is -0.486 e. The van der Waals surface area contributed by atoms with Gasteiger partial charge in [0.15, 0.2) is 11.5 Å². The molecule has 0 aromatic heterocycles. The van der Waals surface area contributed by atoms with Crippen LogP contribution in [0, 0.1) is 0 Å². The highest BCUT2D eigenvalue weighted by atomic mass is 32.2. The fourth-order valence-electron chi connectivity index (χ4n) is 2.54. The first-order chi connectivity index (χ1) is 9.42. The van der Waals surface area contributed by atoms with E-state index in [0.717, 1.165) is 29.8 Å². The van der Waals surface area contributed by atoms with E-state index in [0.29, 0.717) is 13.2 Å². The number of benzene rings is 1. The second kappa shape index (κ2) is 6.53. The number of nitrogens with one attached hydrogen (secondary N) is 1. The van der Waals surface area contributed by atoms with E-state index in [1.807, 2.05) is 6.07 Å². The van der Waals surface area contributed by atoms with Gasteiger partial charge in [0, 0.05) is 18.3 Å². The Morgan fingerprint density at radius 2 is 2.05 bits per heavy atom. The molecule has 0 aliphatic carbocycles. The highest BCUT2D eigenvalue weighted by Crippen LogP contribution is 2.30. The van der Waals surface area contributed by atoms with Crippen LogP contribution in [0.5, 0.6) is 11.5 Å². The molecule has 1 saturated heterocycles. The van der Waals surface area contributed by atoms with Crippen LogP contribution < -0.4 is 14.8 Å². The van der Waals surface area contributed by atoms with Crippen molar-refractivity contribution >= 4 is 11.8 Å². The van der Waals surface area contributed by atoms with Crippen LogP contribution >= 0.6 is 11.8 Å². The largest absolute Gasteiger partial charge is 0.486 e. The molecule has 3 rings (SSSR count).